The molecule has 0 spiro atoms. The van der Waals surface area contributed by atoms with E-state index in [1.54, 1.807) is 37.4 Å². The molecule has 0 aliphatic rings. The SMILES string of the molecule is Cc1ccc(NC(=O)c2nn(-c3ccccc3F)c(C)cc2=O)nc1. The van der Waals surface area contributed by atoms with Gasteiger partial charge in [-0.2, -0.15) is 5.10 Å². The van der Waals surface area contributed by atoms with Crippen LogP contribution in [-0.2, 0) is 0 Å². The van der Waals surface area contributed by atoms with Crippen molar-refractivity contribution in [2.75, 3.05) is 5.32 Å². The summed E-state index contributed by atoms with van der Waals surface area (Å²) in [6, 6.07) is 10.6. The number of carbonyl (C=O) groups excluding carboxylic acids is 1. The van der Waals surface area contributed by atoms with Crippen LogP contribution in [0.4, 0.5) is 10.2 Å². The molecule has 2 aromatic heterocycles. The lowest BCUT2D eigenvalue weighted by molar-refractivity contribution is 0.101. The Bertz CT molecular complexity index is 997. The third kappa shape index (κ3) is 3.45. The first-order valence-corrected chi connectivity index (χ1v) is 7.55. The van der Waals surface area contributed by atoms with Gasteiger partial charge in [-0.3, -0.25) is 9.59 Å². The highest BCUT2D eigenvalue weighted by atomic mass is 19.1. The average molecular weight is 338 g/mol. The molecule has 0 unspecified atom stereocenters. The number of aromatic nitrogens is 3. The Morgan fingerprint density at radius 2 is 1.92 bits per heavy atom. The molecule has 3 aromatic rings. The molecule has 7 heteroatoms. The highest BCUT2D eigenvalue weighted by Gasteiger charge is 2.17. The number of anilines is 1. The number of nitrogens with zero attached hydrogens (tertiary/aromatic N) is 3. The van der Waals surface area contributed by atoms with Gasteiger partial charge in [-0.15, -0.1) is 0 Å². The zero-order valence-electron chi connectivity index (χ0n) is 13.7. The Hall–Kier alpha value is -3.35. The van der Waals surface area contributed by atoms with Crippen LogP contribution in [0, 0.1) is 19.7 Å². The maximum Gasteiger partial charge on any atom is 0.281 e. The standard InChI is InChI=1S/C18H15FN4O2/c1-11-7-8-16(20-10-11)21-18(25)17-15(24)9-12(2)23(22-17)14-6-4-3-5-13(14)19/h3-10H,1-2H3,(H,20,21,25). The number of nitrogens with one attached hydrogen (secondary N) is 1. The van der Waals surface area contributed by atoms with Gasteiger partial charge >= 0.3 is 0 Å². The monoisotopic (exact) mass is 338 g/mol. The van der Waals surface area contributed by atoms with Crippen molar-refractivity contribution < 1.29 is 9.18 Å². The molecule has 25 heavy (non-hydrogen) atoms. The highest BCUT2D eigenvalue weighted by Crippen LogP contribution is 2.13. The van der Waals surface area contributed by atoms with E-state index in [0.717, 1.165) is 5.56 Å². The lowest BCUT2D eigenvalue weighted by Gasteiger charge is -2.12. The van der Waals surface area contributed by atoms with Crippen molar-refractivity contribution in [3.05, 3.63) is 81.7 Å². The Morgan fingerprint density at radius 3 is 2.60 bits per heavy atom. The van der Waals surface area contributed by atoms with Gasteiger partial charge in [0.15, 0.2) is 5.69 Å². The zero-order valence-corrected chi connectivity index (χ0v) is 13.7. The second-order valence-electron chi connectivity index (χ2n) is 5.54. The smallest absolute Gasteiger partial charge is 0.281 e. The summed E-state index contributed by atoms with van der Waals surface area (Å²) in [4.78, 5) is 28.6. The van der Waals surface area contributed by atoms with Crippen molar-refractivity contribution in [2.24, 2.45) is 0 Å². The second-order valence-corrected chi connectivity index (χ2v) is 5.54. The van der Waals surface area contributed by atoms with Crippen LogP contribution in [0.3, 0.4) is 0 Å². The van der Waals surface area contributed by atoms with E-state index in [4.69, 9.17) is 0 Å². The van der Waals surface area contributed by atoms with Gasteiger partial charge in [0.05, 0.1) is 0 Å². The fraction of sp³-hybridized carbons (Fsp3) is 0.111. The first-order chi connectivity index (χ1) is 12.0. The normalized spacial score (nSPS) is 10.5. The summed E-state index contributed by atoms with van der Waals surface area (Å²) in [7, 11) is 0. The molecule has 0 saturated carbocycles. The number of aryl methyl sites for hydroxylation is 2. The van der Waals surface area contributed by atoms with Crippen LogP contribution in [0.2, 0.25) is 0 Å². The van der Waals surface area contributed by atoms with Crippen molar-refractivity contribution >= 4 is 11.7 Å². The Kier molecular flexibility index (Phi) is 4.38. The maximum atomic E-state index is 14.0. The van der Waals surface area contributed by atoms with E-state index in [2.05, 4.69) is 15.4 Å². The van der Waals surface area contributed by atoms with Crippen LogP contribution in [0.5, 0.6) is 0 Å². The quantitative estimate of drug-likeness (QED) is 0.796. The van der Waals surface area contributed by atoms with Crippen molar-refractivity contribution in [1.29, 1.82) is 0 Å². The van der Waals surface area contributed by atoms with Gasteiger partial charge in [-0.1, -0.05) is 18.2 Å². The topological polar surface area (TPSA) is 76.9 Å². The van der Waals surface area contributed by atoms with Gasteiger partial charge in [-0.05, 0) is 37.6 Å². The molecule has 1 N–H and O–H groups in total. The van der Waals surface area contributed by atoms with Crippen molar-refractivity contribution in [1.82, 2.24) is 14.8 Å². The van der Waals surface area contributed by atoms with Gasteiger partial charge in [0, 0.05) is 18.0 Å². The molecule has 2 heterocycles. The number of carbonyl (C=O) groups is 1. The van der Waals surface area contributed by atoms with Gasteiger partial charge < -0.3 is 5.32 Å². The Balaban J connectivity index is 2.00. The predicted octanol–water partition coefficient (Wildman–Crippen LogP) is 2.64. The molecule has 0 aliphatic carbocycles. The molecule has 0 saturated heterocycles. The number of pyridine rings is 1. The number of halogens is 1. The minimum absolute atomic E-state index is 0.155. The van der Waals surface area contributed by atoms with E-state index in [0.29, 0.717) is 11.5 Å². The van der Waals surface area contributed by atoms with Crippen LogP contribution >= 0.6 is 0 Å². The summed E-state index contributed by atoms with van der Waals surface area (Å²) in [5, 5.41) is 6.56. The first kappa shape index (κ1) is 16.5. The molecular weight excluding hydrogens is 323 g/mol. The second kappa shape index (κ2) is 6.64. The van der Waals surface area contributed by atoms with Crippen molar-refractivity contribution in [3.63, 3.8) is 0 Å². The lowest BCUT2D eigenvalue weighted by Crippen LogP contribution is -2.27. The molecule has 126 valence electrons. The first-order valence-electron chi connectivity index (χ1n) is 7.55. The van der Waals surface area contributed by atoms with E-state index in [9.17, 15) is 14.0 Å². The van der Waals surface area contributed by atoms with E-state index in [-0.39, 0.29) is 11.4 Å². The number of hydrogen-bond acceptors (Lipinski definition) is 4. The summed E-state index contributed by atoms with van der Waals surface area (Å²) < 4.78 is 15.3. The molecule has 0 atom stereocenters. The van der Waals surface area contributed by atoms with Crippen molar-refractivity contribution in [3.8, 4) is 5.69 Å². The summed E-state index contributed by atoms with van der Waals surface area (Å²) >= 11 is 0. The molecule has 1 aromatic carbocycles. The number of rotatable bonds is 3. The molecule has 0 bridgehead atoms. The van der Waals surface area contributed by atoms with Crippen LogP contribution < -0.4 is 10.7 Å². The van der Waals surface area contributed by atoms with Gasteiger partial charge in [0.25, 0.3) is 5.91 Å². The Morgan fingerprint density at radius 1 is 1.16 bits per heavy atom. The van der Waals surface area contributed by atoms with Crippen LogP contribution in [0.25, 0.3) is 5.69 Å². The average Bonchev–Trinajstić information content (AvgIpc) is 2.58. The Labute approximate surface area is 143 Å². The van der Waals surface area contributed by atoms with E-state index in [1.807, 2.05) is 6.92 Å². The fourth-order valence-electron chi connectivity index (χ4n) is 2.29. The lowest BCUT2D eigenvalue weighted by atomic mass is 10.2. The third-order valence-electron chi connectivity index (χ3n) is 3.56. The minimum Gasteiger partial charge on any atom is -0.305 e. The molecule has 1 amide bonds. The van der Waals surface area contributed by atoms with Crippen LogP contribution in [0.1, 0.15) is 21.7 Å². The number of para-hydroxylation sites is 1. The summed E-state index contributed by atoms with van der Waals surface area (Å²) in [5.41, 5.74) is 0.627. The van der Waals surface area contributed by atoms with Gasteiger partial charge in [-0.25, -0.2) is 14.1 Å². The molecule has 6 nitrogen and oxygen atoms in total. The van der Waals surface area contributed by atoms with Gasteiger partial charge in [0.2, 0.25) is 5.43 Å². The largest absolute Gasteiger partial charge is 0.305 e. The fourth-order valence-corrected chi connectivity index (χ4v) is 2.29. The van der Waals surface area contributed by atoms with E-state index in [1.165, 1.54) is 22.9 Å². The number of amides is 1. The summed E-state index contributed by atoms with van der Waals surface area (Å²) in [6.07, 6.45) is 1.59. The van der Waals surface area contributed by atoms with Crippen molar-refractivity contribution in [2.45, 2.75) is 13.8 Å². The van der Waals surface area contributed by atoms with E-state index >= 15 is 0 Å². The molecule has 0 radical (unpaired) electrons. The van der Waals surface area contributed by atoms with Crippen LogP contribution in [-0.4, -0.2) is 20.7 Å². The predicted molar refractivity (Wildman–Crippen MR) is 91.5 cm³/mol. The highest BCUT2D eigenvalue weighted by molar-refractivity contribution is 6.02. The molecule has 0 fully saturated rings. The molecule has 0 aliphatic heterocycles. The number of hydrogen-bond donors (Lipinski definition) is 1. The van der Waals surface area contributed by atoms with E-state index < -0.39 is 17.2 Å². The van der Waals surface area contributed by atoms with Gasteiger partial charge in [0.1, 0.15) is 17.3 Å². The minimum atomic E-state index is -0.702. The third-order valence-corrected chi connectivity index (χ3v) is 3.56. The number of benzene rings is 1. The van der Waals surface area contributed by atoms with Crippen LogP contribution in [0.15, 0.2) is 53.5 Å². The molecular formula is C18H15FN4O2. The zero-order chi connectivity index (χ0) is 18.0. The summed E-state index contributed by atoms with van der Waals surface area (Å²) in [6.45, 7) is 3.48. The molecule has 3 rings (SSSR count). The maximum absolute atomic E-state index is 14.0. The summed E-state index contributed by atoms with van der Waals surface area (Å²) in [5.74, 6) is -0.908.